The number of hydrogen-bond donors (Lipinski definition) is 1. The number of nitrogens with zero attached hydrogens (tertiary/aromatic N) is 1. The van der Waals surface area contributed by atoms with Crippen LogP contribution in [0.15, 0.2) is 17.5 Å². The second-order valence-corrected chi connectivity index (χ2v) is 4.92. The fourth-order valence-corrected chi connectivity index (χ4v) is 2.72. The molecule has 2 aromatic rings. The lowest BCUT2D eigenvalue weighted by molar-refractivity contribution is 0.0996. The lowest BCUT2D eigenvalue weighted by atomic mass is 10.1. The predicted octanol–water partition coefficient (Wildman–Crippen LogP) is 2.53. The Morgan fingerprint density at radius 2 is 2.11 bits per heavy atom. The van der Waals surface area contributed by atoms with Gasteiger partial charge in [-0.3, -0.25) is 4.79 Å². The normalized spacial score (nSPS) is 10.4. The third kappa shape index (κ3) is 2.22. The SMILES string of the molecule is COc1c(C)cc(C)cc1-c1nc(C(N)=O)cs1. The molecule has 4 nitrogen and oxygen atoms in total. The first-order valence-electron chi connectivity index (χ1n) is 5.44. The maximum Gasteiger partial charge on any atom is 0.268 e. The second kappa shape index (κ2) is 4.78. The van der Waals surface area contributed by atoms with Crippen LogP contribution in [0.5, 0.6) is 5.75 Å². The van der Waals surface area contributed by atoms with Crippen molar-refractivity contribution in [1.29, 1.82) is 0 Å². The zero-order valence-electron chi connectivity index (χ0n) is 10.5. The zero-order valence-corrected chi connectivity index (χ0v) is 11.3. The van der Waals surface area contributed by atoms with Crippen LogP contribution in [0.25, 0.3) is 10.6 Å². The van der Waals surface area contributed by atoms with Gasteiger partial charge in [-0.2, -0.15) is 0 Å². The molecular formula is C13H14N2O2S. The summed E-state index contributed by atoms with van der Waals surface area (Å²) in [6.45, 7) is 4.00. The molecule has 0 fully saturated rings. The van der Waals surface area contributed by atoms with E-state index < -0.39 is 5.91 Å². The average Bonchev–Trinajstić information content (AvgIpc) is 2.77. The van der Waals surface area contributed by atoms with Crippen LogP contribution >= 0.6 is 11.3 Å². The Morgan fingerprint density at radius 1 is 1.39 bits per heavy atom. The minimum Gasteiger partial charge on any atom is -0.496 e. The van der Waals surface area contributed by atoms with Crippen molar-refractivity contribution in [3.05, 3.63) is 34.3 Å². The summed E-state index contributed by atoms with van der Waals surface area (Å²) in [5.41, 5.74) is 8.56. The molecule has 2 N–H and O–H groups in total. The van der Waals surface area contributed by atoms with Crippen LogP contribution in [0.1, 0.15) is 21.6 Å². The summed E-state index contributed by atoms with van der Waals surface area (Å²) in [5.74, 6) is 0.270. The summed E-state index contributed by atoms with van der Waals surface area (Å²) in [4.78, 5) is 15.3. The highest BCUT2D eigenvalue weighted by Crippen LogP contribution is 2.35. The second-order valence-electron chi connectivity index (χ2n) is 4.06. The lowest BCUT2D eigenvalue weighted by Crippen LogP contribution is -2.11. The van der Waals surface area contributed by atoms with Gasteiger partial charge in [0.25, 0.3) is 5.91 Å². The zero-order chi connectivity index (χ0) is 13.3. The molecule has 5 heteroatoms. The van der Waals surface area contributed by atoms with Crippen molar-refractivity contribution in [3.8, 4) is 16.3 Å². The van der Waals surface area contributed by atoms with E-state index in [0.29, 0.717) is 0 Å². The minimum atomic E-state index is -0.513. The Bertz CT molecular complexity index is 605. The topological polar surface area (TPSA) is 65.2 Å². The number of thiazole rings is 1. The van der Waals surface area contributed by atoms with Crippen LogP contribution in [0.4, 0.5) is 0 Å². The maximum absolute atomic E-state index is 11.1. The van der Waals surface area contributed by atoms with Crippen molar-refractivity contribution in [1.82, 2.24) is 4.98 Å². The summed E-state index contributed by atoms with van der Waals surface area (Å²) in [6, 6.07) is 4.04. The molecule has 0 unspecified atom stereocenters. The van der Waals surface area contributed by atoms with E-state index >= 15 is 0 Å². The van der Waals surface area contributed by atoms with E-state index in [0.717, 1.165) is 27.4 Å². The number of carbonyl (C=O) groups excluding carboxylic acids is 1. The highest BCUT2D eigenvalue weighted by Gasteiger charge is 2.14. The van der Waals surface area contributed by atoms with Crippen molar-refractivity contribution in [3.63, 3.8) is 0 Å². The standard InChI is InChI=1S/C13H14N2O2S/c1-7-4-8(2)11(17-3)9(5-7)13-15-10(6-18-13)12(14)16/h4-6H,1-3H3,(H2,14,16). The van der Waals surface area contributed by atoms with Gasteiger partial charge in [0, 0.05) is 5.38 Å². The molecule has 0 aliphatic carbocycles. The van der Waals surface area contributed by atoms with Crippen LogP contribution in [-0.2, 0) is 0 Å². The van der Waals surface area contributed by atoms with Gasteiger partial charge in [-0.1, -0.05) is 6.07 Å². The molecule has 0 radical (unpaired) electrons. The molecule has 0 bridgehead atoms. The number of primary amides is 1. The van der Waals surface area contributed by atoms with Gasteiger partial charge in [0.15, 0.2) is 0 Å². The van der Waals surface area contributed by atoms with Gasteiger partial charge in [0.05, 0.1) is 12.7 Å². The molecule has 0 spiro atoms. The average molecular weight is 262 g/mol. The lowest BCUT2D eigenvalue weighted by Gasteiger charge is -2.10. The van der Waals surface area contributed by atoms with E-state index in [9.17, 15) is 4.79 Å². The molecule has 18 heavy (non-hydrogen) atoms. The molecule has 0 aliphatic heterocycles. The third-order valence-corrected chi connectivity index (χ3v) is 3.49. The van der Waals surface area contributed by atoms with Crippen LogP contribution in [-0.4, -0.2) is 18.0 Å². The van der Waals surface area contributed by atoms with E-state index in [-0.39, 0.29) is 5.69 Å². The van der Waals surface area contributed by atoms with E-state index in [4.69, 9.17) is 10.5 Å². The van der Waals surface area contributed by atoms with Crippen LogP contribution in [0.2, 0.25) is 0 Å². The summed E-state index contributed by atoms with van der Waals surface area (Å²) in [7, 11) is 1.63. The number of rotatable bonds is 3. The monoisotopic (exact) mass is 262 g/mol. The molecule has 94 valence electrons. The molecule has 1 heterocycles. The fraction of sp³-hybridized carbons (Fsp3) is 0.231. The molecule has 0 saturated heterocycles. The van der Waals surface area contributed by atoms with Crippen LogP contribution in [0, 0.1) is 13.8 Å². The molecule has 0 atom stereocenters. The first-order chi connectivity index (χ1) is 8.52. The van der Waals surface area contributed by atoms with Gasteiger partial charge in [-0.15, -0.1) is 11.3 Å². The third-order valence-electron chi connectivity index (χ3n) is 2.61. The van der Waals surface area contributed by atoms with Gasteiger partial charge >= 0.3 is 0 Å². The number of methoxy groups -OCH3 is 1. The Balaban J connectivity index is 2.58. The summed E-state index contributed by atoms with van der Waals surface area (Å²) >= 11 is 1.39. The number of carbonyl (C=O) groups is 1. The Labute approximate surface area is 109 Å². The number of amides is 1. The first-order valence-corrected chi connectivity index (χ1v) is 6.32. The molecule has 0 aliphatic rings. The van der Waals surface area contributed by atoms with Crippen LogP contribution in [0.3, 0.4) is 0 Å². The predicted molar refractivity (Wildman–Crippen MR) is 72.1 cm³/mol. The molecule has 1 aromatic carbocycles. The first kappa shape index (κ1) is 12.6. The number of aryl methyl sites for hydroxylation is 2. The van der Waals surface area contributed by atoms with Gasteiger partial charge in [-0.05, 0) is 31.0 Å². The van der Waals surface area contributed by atoms with Crippen molar-refractivity contribution >= 4 is 17.2 Å². The van der Waals surface area contributed by atoms with Gasteiger partial charge in [0.2, 0.25) is 0 Å². The fourth-order valence-electron chi connectivity index (χ4n) is 1.89. The Hall–Kier alpha value is -1.88. The van der Waals surface area contributed by atoms with Gasteiger partial charge < -0.3 is 10.5 Å². The number of benzene rings is 1. The molecule has 1 amide bonds. The Kier molecular flexibility index (Phi) is 3.34. The van der Waals surface area contributed by atoms with E-state index in [1.165, 1.54) is 11.3 Å². The van der Waals surface area contributed by atoms with Crippen LogP contribution < -0.4 is 10.5 Å². The summed E-state index contributed by atoms with van der Waals surface area (Å²) in [6.07, 6.45) is 0. The molecule has 0 saturated carbocycles. The van der Waals surface area contributed by atoms with Crippen molar-refractivity contribution in [2.75, 3.05) is 7.11 Å². The summed E-state index contributed by atoms with van der Waals surface area (Å²) < 4.78 is 5.41. The Morgan fingerprint density at radius 3 is 2.67 bits per heavy atom. The number of hydrogen-bond acceptors (Lipinski definition) is 4. The van der Waals surface area contributed by atoms with Crippen molar-refractivity contribution in [2.45, 2.75) is 13.8 Å². The summed E-state index contributed by atoms with van der Waals surface area (Å²) in [5, 5.41) is 2.40. The van der Waals surface area contributed by atoms with E-state index in [1.807, 2.05) is 26.0 Å². The number of nitrogens with two attached hydrogens (primary N) is 1. The minimum absolute atomic E-state index is 0.288. The van der Waals surface area contributed by atoms with E-state index in [2.05, 4.69) is 4.98 Å². The molecule has 2 rings (SSSR count). The van der Waals surface area contributed by atoms with Crippen molar-refractivity contribution in [2.24, 2.45) is 5.73 Å². The van der Waals surface area contributed by atoms with Gasteiger partial charge in [-0.25, -0.2) is 4.98 Å². The van der Waals surface area contributed by atoms with Crippen molar-refractivity contribution < 1.29 is 9.53 Å². The quantitative estimate of drug-likeness (QED) is 0.924. The molecular weight excluding hydrogens is 248 g/mol. The largest absolute Gasteiger partial charge is 0.496 e. The van der Waals surface area contributed by atoms with Gasteiger partial charge in [0.1, 0.15) is 16.5 Å². The smallest absolute Gasteiger partial charge is 0.268 e. The highest BCUT2D eigenvalue weighted by atomic mass is 32.1. The maximum atomic E-state index is 11.1. The number of ether oxygens (including phenoxy) is 1. The van der Waals surface area contributed by atoms with E-state index in [1.54, 1.807) is 12.5 Å². The number of aromatic nitrogens is 1. The highest BCUT2D eigenvalue weighted by molar-refractivity contribution is 7.13. The molecule has 1 aromatic heterocycles.